The minimum absolute atomic E-state index is 0.00207. The van der Waals surface area contributed by atoms with Gasteiger partial charge in [0, 0.05) is 18.0 Å². The zero-order valence-electron chi connectivity index (χ0n) is 10.9. The summed E-state index contributed by atoms with van der Waals surface area (Å²) in [4.78, 5) is 25.9. The zero-order chi connectivity index (χ0) is 14.8. The van der Waals surface area contributed by atoms with Gasteiger partial charge in [-0.2, -0.15) is 0 Å². The second kappa shape index (κ2) is 5.79. The molecule has 0 aliphatic carbocycles. The summed E-state index contributed by atoms with van der Waals surface area (Å²) in [6, 6.07) is 4.88. The fourth-order valence-electron chi connectivity index (χ4n) is 2.21. The van der Waals surface area contributed by atoms with E-state index in [-0.39, 0.29) is 11.8 Å². The third-order valence-electron chi connectivity index (χ3n) is 3.15. The third-order valence-corrected chi connectivity index (χ3v) is 3.99. The number of benzene rings is 1. The van der Waals surface area contributed by atoms with E-state index in [0.29, 0.717) is 34.4 Å². The molecule has 0 atom stereocenters. The molecule has 108 valence electrons. The molecule has 3 rings (SSSR count). The molecule has 21 heavy (non-hydrogen) atoms. The van der Waals surface area contributed by atoms with E-state index in [2.05, 4.69) is 15.5 Å². The number of rotatable bonds is 3. The molecule has 2 aromatic rings. The van der Waals surface area contributed by atoms with Crippen molar-refractivity contribution >= 4 is 45.6 Å². The van der Waals surface area contributed by atoms with Crippen LogP contribution in [0.2, 0.25) is 5.02 Å². The number of halogens is 1. The van der Waals surface area contributed by atoms with E-state index in [1.54, 1.807) is 23.1 Å². The summed E-state index contributed by atoms with van der Waals surface area (Å²) in [5.74, 6) is -0.333. The van der Waals surface area contributed by atoms with Crippen LogP contribution in [0.4, 0.5) is 10.8 Å². The van der Waals surface area contributed by atoms with Gasteiger partial charge in [0.2, 0.25) is 11.0 Å². The Labute approximate surface area is 129 Å². The Bertz CT molecular complexity index is 689. The van der Waals surface area contributed by atoms with Crippen LogP contribution < -0.4 is 10.2 Å². The predicted octanol–water partition coefficient (Wildman–Crippen LogP) is 2.57. The monoisotopic (exact) mass is 322 g/mol. The lowest BCUT2D eigenvalue weighted by Gasteiger charge is -2.19. The molecular weight excluding hydrogens is 312 g/mol. The van der Waals surface area contributed by atoms with Crippen molar-refractivity contribution in [2.45, 2.75) is 12.8 Å². The van der Waals surface area contributed by atoms with E-state index in [1.807, 2.05) is 0 Å². The maximum atomic E-state index is 12.4. The van der Waals surface area contributed by atoms with Crippen LogP contribution in [-0.4, -0.2) is 28.6 Å². The van der Waals surface area contributed by atoms with Crippen LogP contribution in [-0.2, 0) is 4.79 Å². The molecule has 1 aromatic heterocycles. The number of aromatic nitrogens is 2. The van der Waals surface area contributed by atoms with Gasteiger partial charge in [0.05, 0.1) is 11.3 Å². The van der Waals surface area contributed by atoms with Gasteiger partial charge < -0.3 is 4.90 Å². The first-order valence-electron chi connectivity index (χ1n) is 6.32. The average Bonchev–Trinajstić information content (AvgIpc) is 3.10. The number of carbonyl (C=O) groups excluding carboxylic acids is 2. The fourth-order valence-corrected chi connectivity index (χ4v) is 2.82. The van der Waals surface area contributed by atoms with Gasteiger partial charge in [-0.3, -0.25) is 14.9 Å². The molecule has 1 aromatic carbocycles. The lowest BCUT2D eigenvalue weighted by Crippen LogP contribution is -2.27. The molecule has 2 heterocycles. The highest BCUT2D eigenvalue weighted by molar-refractivity contribution is 7.13. The number of hydrogen-bond acceptors (Lipinski definition) is 5. The molecule has 0 spiro atoms. The lowest BCUT2D eigenvalue weighted by atomic mass is 10.1. The number of hydrogen-bond donors (Lipinski definition) is 1. The van der Waals surface area contributed by atoms with Crippen LogP contribution in [0.3, 0.4) is 0 Å². The molecule has 0 saturated carbocycles. The second-order valence-electron chi connectivity index (χ2n) is 4.51. The molecule has 0 unspecified atom stereocenters. The first-order valence-corrected chi connectivity index (χ1v) is 7.58. The van der Waals surface area contributed by atoms with E-state index < -0.39 is 0 Å². The minimum atomic E-state index is -0.335. The smallest absolute Gasteiger partial charge is 0.259 e. The van der Waals surface area contributed by atoms with Crippen molar-refractivity contribution in [3.05, 3.63) is 34.3 Å². The largest absolute Gasteiger partial charge is 0.312 e. The SMILES string of the molecule is O=C(Nc1nncs1)c1ccc(Cl)cc1N1CCCC1=O. The summed E-state index contributed by atoms with van der Waals surface area (Å²) >= 11 is 7.23. The molecule has 1 aliphatic rings. The zero-order valence-corrected chi connectivity index (χ0v) is 12.4. The summed E-state index contributed by atoms with van der Waals surface area (Å²) < 4.78 is 0. The molecule has 8 heteroatoms. The van der Waals surface area contributed by atoms with E-state index >= 15 is 0 Å². The van der Waals surface area contributed by atoms with Crippen molar-refractivity contribution in [1.82, 2.24) is 10.2 Å². The van der Waals surface area contributed by atoms with E-state index in [0.717, 1.165) is 6.42 Å². The van der Waals surface area contributed by atoms with Gasteiger partial charge in [0.1, 0.15) is 5.51 Å². The Balaban J connectivity index is 1.94. The first kappa shape index (κ1) is 14.0. The van der Waals surface area contributed by atoms with Crippen molar-refractivity contribution < 1.29 is 9.59 Å². The van der Waals surface area contributed by atoms with Crippen molar-refractivity contribution in [3.63, 3.8) is 0 Å². The molecule has 1 N–H and O–H groups in total. The normalized spacial score (nSPS) is 14.5. The van der Waals surface area contributed by atoms with E-state index in [4.69, 9.17) is 11.6 Å². The molecule has 0 radical (unpaired) electrons. The van der Waals surface area contributed by atoms with Crippen LogP contribution in [0.5, 0.6) is 0 Å². The molecule has 1 saturated heterocycles. The summed E-state index contributed by atoms with van der Waals surface area (Å²) in [6.45, 7) is 0.595. The minimum Gasteiger partial charge on any atom is -0.312 e. The molecule has 1 aliphatic heterocycles. The van der Waals surface area contributed by atoms with Gasteiger partial charge >= 0.3 is 0 Å². The maximum absolute atomic E-state index is 12.4. The highest BCUT2D eigenvalue weighted by atomic mass is 35.5. The Morgan fingerprint density at radius 2 is 2.29 bits per heavy atom. The summed E-state index contributed by atoms with van der Waals surface area (Å²) in [7, 11) is 0. The number of nitrogens with one attached hydrogen (secondary N) is 1. The predicted molar refractivity (Wildman–Crippen MR) is 80.9 cm³/mol. The Hall–Kier alpha value is -1.99. The van der Waals surface area contributed by atoms with Gasteiger partial charge in [-0.15, -0.1) is 10.2 Å². The quantitative estimate of drug-likeness (QED) is 0.942. The Morgan fingerprint density at radius 3 is 2.95 bits per heavy atom. The average molecular weight is 323 g/mol. The summed E-state index contributed by atoms with van der Waals surface area (Å²) in [5, 5.41) is 11.0. The maximum Gasteiger partial charge on any atom is 0.259 e. The van der Waals surface area contributed by atoms with Gasteiger partial charge in [-0.25, -0.2) is 0 Å². The topological polar surface area (TPSA) is 75.2 Å². The number of nitrogens with zero attached hydrogens (tertiary/aromatic N) is 3. The van der Waals surface area contributed by atoms with Crippen molar-refractivity contribution in [2.75, 3.05) is 16.8 Å². The van der Waals surface area contributed by atoms with E-state index in [9.17, 15) is 9.59 Å². The molecule has 0 bridgehead atoms. The highest BCUT2D eigenvalue weighted by Gasteiger charge is 2.26. The van der Waals surface area contributed by atoms with Crippen LogP contribution in [0.1, 0.15) is 23.2 Å². The van der Waals surface area contributed by atoms with E-state index in [1.165, 1.54) is 16.8 Å². The third kappa shape index (κ3) is 2.88. The van der Waals surface area contributed by atoms with Crippen LogP contribution in [0.25, 0.3) is 0 Å². The number of amides is 2. The second-order valence-corrected chi connectivity index (χ2v) is 5.78. The van der Waals surface area contributed by atoms with Crippen LogP contribution in [0.15, 0.2) is 23.7 Å². The summed E-state index contributed by atoms with van der Waals surface area (Å²) in [5.41, 5.74) is 2.46. The van der Waals surface area contributed by atoms with Crippen LogP contribution >= 0.6 is 22.9 Å². The van der Waals surface area contributed by atoms with Gasteiger partial charge in [0.25, 0.3) is 5.91 Å². The van der Waals surface area contributed by atoms with Gasteiger partial charge in [0.15, 0.2) is 0 Å². The highest BCUT2D eigenvalue weighted by Crippen LogP contribution is 2.29. The first-order chi connectivity index (χ1) is 10.1. The molecule has 2 amide bonds. The Morgan fingerprint density at radius 1 is 1.43 bits per heavy atom. The lowest BCUT2D eigenvalue weighted by molar-refractivity contribution is -0.117. The summed E-state index contributed by atoms with van der Waals surface area (Å²) in [6.07, 6.45) is 1.27. The Kier molecular flexibility index (Phi) is 3.85. The number of anilines is 2. The fraction of sp³-hybridized carbons (Fsp3) is 0.231. The van der Waals surface area contributed by atoms with Crippen molar-refractivity contribution in [2.24, 2.45) is 0 Å². The molecular formula is C13H11ClN4O2S. The van der Waals surface area contributed by atoms with Crippen LogP contribution in [0, 0.1) is 0 Å². The number of carbonyl (C=O) groups is 2. The van der Waals surface area contributed by atoms with Crippen molar-refractivity contribution in [1.29, 1.82) is 0 Å². The van der Waals surface area contributed by atoms with Gasteiger partial charge in [-0.05, 0) is 24.6 Å². The van der Waals surface area contributed by atoms with Crippen molar-refractivity contribution in [3.8, 4) is 0 Å². The van der Waals surface area contributed by atoms with Gasteiger partial charge in [-0.1, -0.05) is 22.9 Å². The molecule has 1 fully saturated rings. The standard InChI is InChI=1S/C13H11ClN4O2S/c14-8-3-4-9(12(20)16-13-17-15-7-21-13)10(6-8)18-5-1-2-11(18)19/h3-4,6-7H,1-2,5H2,(H,16,17,20). The molecule has 6 nitrogen and oxygen atoms in total.